The second-order valence-corrected chi connectivity index (χ2v) is 7.67. The molecular weight excluding hydrogens is 370 g/mol. The van der Waals surface area contributed by atoms with Crippen LogP contribution in [0.2, 0.25) is 0 Å². The fourth-order valence-corrected chi connectivity index (χ4v) is 3.10. The topological polar surface area (TPSA) is 73.5 Å². The lowest BCUT2D eigenvalue weighted by molar-refractivity contribution is 0.179. The van der Waals surface area contributed by atoms with Crippen LogP contribution in [-0.4, -0.2) is 111 Å². The molecule has 0 unspecified atom stereocenters. The monoisotopic (exact) mass is 409 g/mol. The van der Waals surface area contributed by atoms with E-state index < -0.39 is 0 Å². The van der Waals surface area contributed by atoms with Gasteiger partial charge in [0.25, 0.3) is 6.02 Å². The lowest BCUT2D eigenvalue weighted by atomic mass is 10.2. The Labute approximate surface area is 175 Å². The summed E-state index contributed by atoms with van der Waals surface area (Å²) in [7, 11) is 4.28. The summed E-state index contributed by atoms with van der Waals surface area (Å²) in [5.74, 6) is 1.03. The third-order valence-corrected chi connectivity index (χ3v) is 5.04. The highest BCUT2D eigenvalue weighted by Gasteiger charge is 2.21. The van der Waals surface area contributed by atoms with Gasteiger partial charge in [-0.05, 0) is 14.1 Å². The molecule has 0 aliphatic carbocycles. The number of aromatic nitrogens is 2. The Morgan fingerprint density at radius 3 is 1.79 bits per heavy atom. The number of nitrogens with zero attached hydrogens (tertiary/aromatic N) is 7. The predicted octanol–water partition coefficient (Wildman–Crippen LogP) is 1.59. The van der Waals surface area contributed by atoms with E-state index in [1.165, 1.54) is 0 Å². The van der Waals surface area contributed by atoms with Crippen molar-refractivity contribution in [3.8, 4) is 0 Å². The van der Waals surface area contributed by atoms with Crippen molar-refractivity contribution in [2.75, 3.05) is 84.5 Å². The maximum absolute atomic E-state index is 5.60. The standard InChI is InChI=1S/C10H18N4O.C8H15N3O.C2H6/c1-8(2)9-11-12-10(15-9)14-6-4-13(3)5-7-14;1-10-3-5-11(6-4-10)8-9-2-7-12-8;1-2/h8H,4-7H2,1-3H3;2-7H2,1H3;1-2H3. The number of anilines is 1. The van der Waals surface area contributed by atoms with Gasteiger partial charge in [-0.3, -0.25) is 0 Å². The van der Waals surface area contributed by atoms with Crippen molar-refractivity contribution in [3.05, 3.63) is 5.89 Å². The van der Waals surface area contributed by atoms with Crippen LogP contribution in [0.25, 0.3) is 0 Å². The van der Waals surface area contributed by atoms with Crippen LogP contribution in [0.4, 0.5) is 6.01 Å². The molecule has 0 radical (unpaired) electrons. The molecule has 0 bridgehead atoms. The van der Waals surface area contributed by atoms with Gasteiger partial charge in [0.15, 0.2) is 0 Å². The van der Waals surface area contributed by atoms with Gasteiger partial charge in [0.1, 0.15) is 6.61 Å². The first-order valence-corrected chi connectivity index (χ1v) is 10.9. The first-order chi connectivity index (χ1) is 14.0. The molecule has 0 spiro atoms. The van der Waals surface area contributed by atoms with Crippen molar-refractivity contribution in [2.45, 2.75) is 33.6 Å². The highest BCUT2D eigenvalue weighted by molar-refractivity contribution is 5.75. The highest BCUT2D eigenvalue weighted by Crippen LogP contribution is 2.19. The van der Waals surface area contributed by atoms with Gasteiger partial charge in [-0.15, -0.1) is 5.10 Å². The molecule has 9 nitrogen and oxygen atoms in total. The lowest BCUT2D eigenvalue weighted by Gasteiger charge is -2.32. The molecule has 4 rings (SSSR count). The Bertz CT molecular complexity index is 604. The summed E-state index contributed by atoms with van der Waals surface area (Å²) < 4.78 is 11.0. The number of piperazine rings is 2. The van der Waals surface area contributed by atoms with Crippen molar-refractivity contribution < 1.29 is 9.15 Å². The Balaban J connectivity index is 0.000000194. The average molecular weight is 410 g/mol. The minimum Gasteiger partial charge on any atom is -0.463 e. The zero-order valence-electron chi connectivity index (χ0n) is 19.1. The minimum absolute atomic E-state index is 0.304. The van der Waals surface area contributed by atoms with Crippen LogP contribution < -0.4 is 4.90 Å². The van der Waals surface area contributed by atoms with Crippen LogP contribution in [0.1, 0.15) is 39.5 Å². The summed E-state index contributed by atoms with van der Waals surface area (Å²) in [5, 5.41) is 8.11. The maximum atomic E-state index is 5.60. The van der Waals surface area contributed by atoms with E-state index in [4.69, 9.17) is 9.15 Å². The van der Waals surface area contributed by atoms with Crippen LogP contribution in [0.5, 0.6) is 0 Å². The number of likely N-dealkylation sites (N-methyl/N-ethyl adjacent to an activating group) is 2. The molecule has 166 valence electrons. The number of hydrogen-bond donors (Lipinski definition) is 0. The van der Waals surface area contributed by atoms with Crippen LogP contribution >= 0.6 is 0 Å². The number of rotatable bonds is 2. The zero-order chi connectivity index (χ0) is 21.2. The summed E-state index contributed by atoms with van der Waals surface area (Å²) >= 11 is 0. The van der Waals surface area contributed by atoms with E-state index in [-0.39, 0.29) is 0 Å². The van der Waals surface area contributed by atoms with Crippen molar-refractivity contribution in [1.82, 2.24) is 24.9 Å². The van der Waals surface area contributed by atoms with E-state index in [2.05, 4.69) is 62.7 Å². The van der Waals surface area contributed by atoms with Crippen molar-refractivity contribution in [2.24, 2.45) is 4.99 Å². The van der Waals surface area contributed by atoms with Crippen LogP contribution in [0, 0.1) is 0 Å². The molecular formula is C20H39N7O2. The van der Waals surface area contributed by atoms with Gasteiger partial charge in [0.05, 0.1) is 6.54 Å². The van der Waals surface area contributed by atoms with Crippen molar-refractivity contribution in [3.63, 3.8) is 0 Å². The molecule has 2 fully saturated rings. The molecule has 2 saturated heterocycles. The fourth-order valence-electron chi connectivity index (χ4n) is 3.10. The normalized spacial score (nSPS) is 20.4. The van der Waals surface area contributed by atoms with Crippen molar-refractivity contribution in [1.29, 1.82) is 0 Å². The second kappa shape index (κ2) is 12.0. The molecule has 1 aromatic heterocycles. The van der Waals surface area contributed by atoms with Gasteiger partial charge in [-0.2, -0.15) is 0 Å². The SMILES string of the molecule is CC.CC(C)c1nnc(N2CCN(C)CC2)o1.CN1CCN(C2=NCCO2)CC1. The first kappa shape index (κ1) is 23.4. The summed E-state index contributed by atoms with van der Waals surface area (Å²) in [4.78, 5) is 13.3. The highest BCUT2D eigenvalue weighted by atomic mass is 16.5. The molecule has 0 aromatic carbocycles. The number of amidine groups is 1. The Morgan fingerprint density at radius 1 is 0.793 bits per heavy atom. The Hall–Kier alpha value is -1.87. The van der Waals surface area contributed by atoms with Gasteiger partial charge in [0, 0.05) is 58.3 Å². The molecule has 9 heteroatoms. The quantitative estimate of drug-likeness (QED) is 0.729. The van der Waals surface area contributed by atoms with Crippen LogP contribution in [0.3, 0.4) is 0 Å². The van der Waals surface area contributed by atoms with Gasteiger partial charge < -0.3 is 28.8 Å². The van der Waals surface area contributed by atoms with Gasteiger partial charge in [-0.1, -0.05) is 32.8 Å². The van der Waals surface area contributed by atoms with E-state index >= 15 is 0 Å². The minimum atomic E-state index is 0.304. The number of ether oxygens (including phenoxy) is 1. The van der Waals surface area contributed by atoms with E-state index in [0.29, 0.717) is 11.9 Å². The Kier molecular flexibility index (Phi) is 9.66. The lowest BCUT2D eigenvalue weighted by Crippen LogP contribution is -2.47. The molecule has 0 atom stereocenters. The fraction of sp³-hybridized carbons (Fsp3) is 0.850. The third kappa shape index (κ3) is 7.15. The maximum Gasteiger partial charge on any atom is 0.318 e. The summed E-state index contributed by atoms with van der Waals surface area (Å²) in [6.07, 6.45) is 0. The average Bonchev–Trinajstić information content (AvgIpc) is 3.44. The van der Waals surface area contributed by atoms with E-state index in [0.717, 1.165) is 77.4 Å². The molecule has 0 N–H and O–H groups in total. The van der Waals surface area contributed by atoms with E-state index in [9.17, 15) is 0 Å². The number of hydrogen-bond acceptors (Lipinski definition) is 9. The molecule has 0 saturated carbocycles. The third-order valence-electron chi connectivity index (χ3n) is 5.04. The first-order valence-electron chi connectivity index (χ1n) is 10.9. The van der Waals surface area contributed by atoms with Gasteiger partial charge >= 0.3 is 6.01 Å². The van der Waals surface area contributed by atoms with Gasteiger partial charge in [-0.25, -0.2) is 4.99 Å². The molecule has 0 amide bonds. The molecule has 4 heterocycles. The Morgan fingerprint density at radius 2 is 1.34 bits per heavy atom. The van der Waals surface area contributed by atoms with Gasteiger partial charge in [0.2, 0.25) is 5.89 Å². The molecule has 3 aliphatic rings. The van der Waals surface area contributed by atoms with E-state index in [1.54, 1.807) is 0 Å². The summed E-state index contributed by atoms with van der Waals surface area (Å²) in [6.45, 7) is 18.1. The molecule has 1 aromatic rings. The molecule has 29 heavy (non-hydrogen) atoms. The van der Waals surface area contributed by atoms with Crippen LogP contribution in [0.15, 0.2) is 9.41 Å². The largest absolute Gasteiger partial charge is 0.463 e. The molecule has 3 aliphatic heterocycles. The predicted molar refractivity (Wildman–Crippen MR) is 117 cm³/mol. The number of aliphatic imine (C=N–C) groups is 1. The smallest absolute Gasteiger partial charge is 0.318 e. The van der Waals surface area contributed by atoms with E-state index in [1.807, 2.05) is 13.8 Å². The van der Waals surface area contributed by atoms with Crippen LogP contribution in [-0.2, 0) is 4.74 Å². The second-order valence-electron chi connectivity index (χ2n) is 7.67. The summed E-state index contributed by atoms with van der Waals surface area (Å²) in [5.41, 5.74) is 0. The summed E-state index contributed by atoms with van der Waals surface area (Å²) in [6, 6.07) is 1.54. The van der Waals surface area contributed by atoms with Crippen molar-refractivity contribution >= 4 is 12.0 Å². The zero-order valence-corrected chi connectivity index (χ0v) is 19.1.